The molecular formula is C36H46N4O4S. The summed E-state index contributed by atoms with van der Waals surface area (Å²) < 4.78 is 0. The molecule has 5 rings (SSSR count). The van der Waals surface area contributed by atoms with E-state index in [0.29, 0.717) is 22.0 Å². The van der Waals surface area contributed by atoms with Gasteiger partial charge in [-0.1, -0.05) is 65.8 Å². The molecule has 2 aliphatic rings. The Hall–Kier alpha value is -3.59. The summed E-state index contributed by atoms with van der Waals surface area (Å²) in [4.78, 5) is 50.6. The second-order valence-corrected chi connectivity index (χ2v) is 16.0. The molecule has 3 heterocycles. The molecule has 240 valence electrons. The van der Waals surface area contributed by atoms with Gasteiger partial charge in [0, 0.05) is 42.3 Å². The van der Waals surface area contributed by atoms with E-state index in [9.17, 15) is 19.5 Å². The van der Waals surface area contributed by atoms with Crippen molar-refractivity contribution >= 4 is 29.1 Å². The van der Waals surface area contributed by atoms with Crippen molar-refractivity contribution in [3.05, 3.63) is 69.7 Å². The first-order chi connectivity index (χ1) is 21.2. The van der Waals surface area contributed by atoms with Gasteiger partial charge >= 0.3 is 5.97 Å². The molecule has 0 bridgehead atoms. The maximum Gasteiger partial charge on any atom is 0.310 e. The maximum absolute atomic E-state index is 13.4. The number of nitrogens with zero attached hydrogens (tertiary/aromatic N) is 3. The summed E-state index contributed by atoms with van der Waals surface area (Å²) in [6, 6.07) is 10.7. The molecule has 2 amide bonds. The van der Waals surface area contributed by atoms with E-state index in [1.807, 2.05) is 42.7 Å². The van der Waals surface area contributed by atoms with Gasteiger partial charge in [-0.2, -0.15) is 0 Å². The van der Waals surface area contributed by atoms with Crippen molar-refractivity contribution in [2.75, 3.05) is 13.1 Å². The lowest BCUT2D eigenvalue weighted by atomic mass is 9.69. The molecule has 1 saturated carbocycles. The minimum Gasteiger partial charge on any atom is -0.481 e. The summed E-state index contributed by atoms with van der Waals surface area (Å²) in [5.41, 5.74) is 3.24. The van der Waals surface area contributed by atoms with Crippen LogP contribution in [0.25, 0.3) is 11.4 Å². The molecule has 1 atom stereocenters. The predicted octanol–water partition coefficient (Wildman–Crippen LogP) is 6.71. The van der Waals surface area contributed by atoms with Crippen molar-refractivity contribution in [2.24, 2.45) is 17.3 Å². The zero-order chi connectivity index (χ0) is 32.5. The van der Waals surface area contributed by atoms with Crippen LogP contribution in [0.3, 0.4) is 0 Å². The molecule has 2 aromatic heterocycles. The van der Waals surface area contributed by atoms with Crippen LogP contribution in [0.15, 0.2) is 48.8 Å². The van der Waals surface area contributed by atoms with E-state index >= 15 is 0 Å². The molecule has 0 unspecified atom stereocenters. The molecule has 2 N–H and O–H groups in total. The highest BCUT2D eigenvalue weighted by Gasteiger charge is 2.39. The molecule has 9 heteroatoms. The quantitative estimate of drug-likeness (QED) is 0.286. The Morgan fingerprint density at radius 2 is 1.56 bits per heavy atom. The number of nitrogens with one attached hydrogen (secondary N) is 1. The number of benzene rings is 1. The number of aromatic nitrogens is 2. The summed E-state index contributed by atoms with van der Waals surface area (Å²) in [5, 5.41) is 12.2. The lowest BCUT2D eigenvalue weighted by molar-refractivity contribution is -0.153. The van der Waals surface area contributed by atoms with Crippen LogP contribution in [-0.2, 0) is 21.4 Å². The van der Waals surface area contributed by atoms with Crippen LogP contribution in [-0.4, -0.2) is 56.9 Å². The zero-order valence-electron chi connectivity index (χ0n) is 27.3. The Labute approximate surface area is 270 Å². The van der Waals surface area contributed by atoms with Crippen LogP contribution in [0.2, 0.25) is 0 Å². The molecule has 0 radical (unpaired) electrons. The van der Waals surface area contributed by atoms with Crippen LogP contribution >= 0.6 is 11.3 Å². The molecule has 2 fully saturated rings. The lowest BCUT2D eigenvalue weighted by Gasteiger charge is -2.38. The third kappa shape index (κ3) is 7.80. The Kier molecular flexibility index (Phi) is 9.49. The third-order valence-electron chi connectivity index (χ3n) is 9.46. The monoisotopic (exact) mass is 630 g/mol. The Balaban J connectivity index is 1.25. The number of carbonyl (C=O) groups excluding carboxylic acids is 2. The number of carboxylic acid groups (broad SMARTS) is 1. The fourth-order valence-corrected chi connectivity index (χ4v) is 7.31. The van der Waals surface area contributed by atoms with Gasteiger partial charge in [0.2, 0.25) is 5.91 Å². The van der Waals surface area contributed by atoms with Crippen LogP contribution in [0, 0.1) is 17.3 Å². The number of aliphatic carboxylic acids is 1. The van der Waals surface area contributed by atoms with Gasteiger partial charge in [0.15, 0.2) is 5.82 Å². The summed E-state index contributed by atoms with van der Waals surface area (Å²) in [6.45, 7) is 13.6. The molecule has 1 aromatic carbocycles. The molecule has 0 spiro atoms. The normalized spacial score (nSPS) is 19.9. The second kappa shape index (κ2) is 13.0. The van der Waals surface area contributed by atoms with E-state index in [0.717, 1.165) is 21.9 Å². The first-order valence-electron chi connectivity index (χ1n) is 16.0. The van der Waals surface area contributed by atoms with Gasteiger partial charge in [0.05, 0.1) is 10.8 Å². The highest BCUT2D eigenvalue weighted by Crippen LogP contribution is 2.43. The number of thiophene rings is 1. The van der Waals surface area contributed by atoms with Crippen molar-refractivity contribution in [3.63, 3.8) is 0 Å². The lowest BCUT2D eigenvalue weighted by Crippen LogP contribution is -2.59. The topological polar surface area (TPSA) is 112 Å². The number of hydrogen-bond donors (Lipinski definition) is 2. The Morgan fingerprint density at radius 3 is 2.09 bits per heavy atom. The van der Waals surface area contributed by atoms with E-state index in [1.54, 1.807) is 6.07 Å². The van der Waals surface area contributed by atoms with Gasteiger partial charge in [-0.15, -0.1) is 11.3 Å². The van der Waals surface area contributed by atoms with Crippen LogP contribution < -0.4 is 5.32 Å². The fraction of sp³-hybridized carbons (Fsp3) is 0.528. The van der Waals surface area contributed by atoms with Crippen LogP contribution in [0.4, 0.5) is 0 Å². The van der Waals surface area contributed by atoms with E-state index in [2.05, 4.69) is 46.9 Å². The van der Waals surface area contributed by atoms with E-state index in [1.165, 1.54) is 47.5 Å². The van der Waals surface area contributed by atoms with Crippen molar-refractivity contribution in [3.8, 4) is 11.4 Å². The van der Waals surface area contributed by atoms with Gasteiger partial charge < -0.3 is 15.3 Å². The summed E-state index contributed by atoms with van der Waals surface area (Å²) in [7, 11) is 0. The summed E-state index contributed by atoms with van der Waals surface area (Å²) in [5.74, 6) is -0.124. The van der Waals surface area contributed by atoms with Gasteiger partial charge in [0.25, 0.3) is 5.91 Å². The number of hydrogen-bond acceptors (Lipinski definition) is 6. The smallest absolute Gasteiger partial charge is 0.310 e. The van der Waals surface area contributed by atoms with Crippen molar-refractivity contribution in [1.29, 1.82) is 0 Å². The minimum atomic E-state index is -0.910. The van der Waals surface area contributed by atoms with Crippen molar-refractivity contribution < 1.29 is 19.5 Å². The van der Waals surface area contributed by atoms with Gasteiger partial charge in [-0.25, -0.2) is 9.97 Å². The molecule has 1 saturated heterocycles. The maximum atomic E-state index is 13.4. The minimum absolute atomic E-state index is 0.0840. The molecule has 1 aliphatic heterocycles. The zero-order valence-corrected chi connectivity index (χ0v) is 28.1. The average molecular weight is 631 g/mol. The molecule has 8 nitrogen and oxygen atoms in total. The molecule has 1 aliphatic carbocycles. The number of likely N-dealkylation sites (tertiary alicyclic amines) is 1. The standard InChI is InChI=1S/C36H46N4O4S/c1-35(2,3)27-13-11-23(12-14-27)25-18-37-31(38-19-25)24-9-7-22(8-10-24)17-28(33(42)40-20-26(21-40)34(43)44)39-32(41)29-15-16-30(45-29)36(4,5)6/h7-10,15-16,18-19,23,26-28H,11-14,17,20-21H2,1-6H3,(H,39,41)(H,43,44)/t23?,27?,28-/m0/s1. The average Bonchev–Trinajstić information content (AvgIpc) is 3.48. The number of carboxylic acids is 1. The van der Waals surface area contributed by atoms with E-state index < -0.39 is 17.9 Å². The van der Waals surface area contributed by atoms with Crippen LogP contribution in [0.5, 0.6) is 0 Å². The van der Waals surface area contributed by atoms with Gasteiger partial charge in [0.1, 0.15) is 6.04 Å². The van der Waals surface area contributed by atoms with E-state index in [-0.39, 0.29) is 36.7 Å². The fourth-order valence-electron chi connectivity index (χ4n) is 6.34. The highest BCUT2D eigenvalue weighted by molar-refractivity contribution is 7.14. The van der Waals surface area contributed by atoms with E-state index in [4.69, 9.17) is 9.97 Å². The summed E-state index contributed by atoms with van der Waals surface area (Å²) in [6.07, 6.45) is 9.05. The number of carbonyl (C=O) groups is 3. The SMILES string of the molecule is CC(C)(C)c1ccc(C(=O)N[C@@H](Cc2ccc(-c3ncc(C4CCC(C(C)(C)C)CC4)cn3)cc2)C(=O)N2CC(C(=O)O)C2)s1. The van der Waals surface area contributed by atoms with Gasteiger partial charge in [-0.05, 0) is 71.6 Å². The highest BCUT2D eigenvalue weighted by atomic mass is 32.1. The Bertz CT molecular complexity index is 1500. The third-order valence-corrected chi connectivity index (χ3v) is 11.0. The Morgan fingerprint density at radius 1 is 0.933 bits per heavy atom. The van der Waals surface area contributed by atoms with Crippen molar-refractivity contribution in [1.82, 2.24) is 20.2 Å². The first kappa shape index (κ1) is 32.8. The summed E-state index contributed by atoms with van der Waals surface area (Å²) >= 11 is 1.42. The number of rotatable bonds is 8. The second-order valence-electron chi connectivity index (χ2n) is 14.9. The molecule has 3 aromatic rings. The largest absolute Gasteiger partial charge is 0.481 e. The number of amides is 2. The van der Waals surface area contributed by atoms with Crippen LogP contribution in [0.1, 0.15) is 98.8 Å². The molecule has 45 heavy (non-hydrogen) atoms. The van der Waals surface area contributed by atoms with Crippen molar-refractivity contribution in [2.45, 2.75) is 91.0 Å². The molecular weight excluding hydrogens is 584 g/mol. The first-order valence-corrected chi connectivity index (χ1v) is 16.8. The van der Waals surface area contributed by atoms with Gasteiger partial charge in [-0.3, -0.25) is 14.4 Å². The predicted molar refractivity (Wildman–Crippen MR) is 177 cm³/mol.